The molecule has 2 aromatic heterocycles. The van der Waals surface area contributed by atoms with Gasteiger partial charge in [-0.15, -0.1) is 11.3 Å². The van der Waals surface area contributed by atoms with Crippen LogP contribution < -0.4 is 0 Å². The molecule has 3 heterocycles. The summed E-state index contributed by atoms with van der Waals surface area (Å²) in [5, 5.41) is 3.02. The highest BCUT2D eigenvalue weighted by Gasteiger charge is 2.28. The maximum absolute atomic E-state index is 12.5. The number of pyridine rings is 1. The SMILES string of the molecule is Cc1nc(CC(=O)N2CCCC2CCc2ccncc2)cs1. The molecule has 1 amide bonds. The van der Waals surface area contributed by atoms with Crippen molar-refractivity contribution in [3.05, 3.63) is 46.2 Å². The fourth-order valence-electron chi connectivity index (χ4n) is 3.09. The Morgan fingerprint density at radius 1 is 1.41 bits per heavy atom. The molecule has 0 spiro atoms. The van der Waals surface area contributed by atoms with Gasteiger partial charge in [-0.25, -0.2) is 4.98 Å². The number of likely N-dealkylation sites (tertiary alicyclic amines) is 1. The number of amides is 1. The highest BCUT2D eigenvalue weighted by atomic mass is 32.1. The molecule has 5 heteroatoms. The standard InChI is InChI=1S/C17H21N3OS/c1-13-19-15(12-22-13)11-17(21)20-10-2-3-16(20)5-4-14-6-8-18-9-7-14/h6-9,12,16H,2-5,10-11H2,1H3. The molecule has 3 rings (SSSR count). The van der Waals surface area contributed by atoms with E-state index in [0.717, 1.165) is 42.9 Å². The number of nitrogens with zero attached hydrogens (tertiary/aromatic N) is 3. The first-order valence-corrected chi connectivity index (χ1v) is 8.70. The van der Waals surface area contributed by atoms with Gasteiger partial charge in [0.25, 0.3) is 0 Å². The summed E-state index contributed by atoms with van der Waals surface area (Å²) >= 11 is 1.61. The van der Waals surface area contributed by atoms with Crippen molar-refractivity contribution in [1.29, 1.82) is 0 Å². The van der Waals surface area contributed by atoms with Crippen molar-refractivity contribution in [2.45, 2.75) is 45.1 Å². The second-order valence-electron chi connectivity index (χ2n) is 5.81. The zero-order chi connectivity index (χ0) is 15.4. The lowest BCUT2D eigenvalue weighted by molar-refractivity contribution is -0.131. The molecule has 0 radical (unpaired) electrons. The number of hydrogen-bond acceptors (Lipinski definition) is 4. The van der Waals surface area contributed by atoms with Crippen LogP contribution in [0.4, 0.5) is 0 Å². The molecule has 4 nitrogen and oxygen atoms in total. The topological polar surface area (TPSA) is 46.1 Å². The molecule has 1 saturated heterocycles. The summed E-state index contributed by atoms with van der Waals surface area (Å²) < 4.78 is 0. The molecule has 1 unspecified atom stereocenters. The minimum absolute atomic E-state index is 0.225. The fraction of sp³-hybridized carbons (Fsp3) is 0.471. The number of rotatable bonds is 5. The van der Waals surface area contributed by atoms with Crippen LogP contribution in [0.3, 0.4) is 0 Å². The summed E-state index contributed by atoms with van der Waals surface area (Å²) in [5.74, 6) is 0.225. The van der Waals surface area contributed by atoms with Crippen LogP contribution in [-0.4, -0.2) is 33.4 Å². The van der Waals surface area contributed by atoms with E-state index in [0.29, 0.717) is 12.5 Å². The number of carbonyl (C=O) groups is 1. The minimum atomic E-state index is 0.225. The summed E-state index contributed by atoms with van der Waals surface area (Å²) in [6, 6.07) is 4.48. The number of hydrogen-bond donors (Lipinski definition) is 0. The third-order valence-electron chi connectivity index (χ3n) is 4.21. The van der Waals surface area contributed by atoms with Crippen molar-refractivity contribution in [1.82, 2.24) is 14.9 Å². The molecule has 0 saturated carbocycles. The average molecular weight is 315 g/mol. The van der Waals surface area contributed by atoms with Crippen molar-refractivity contribution in [2.24, 2.45) is 0 Å². The van der Waals surface area contributed by atoms with Crippen LogP contribution in [0.1, 0.15) is 35.5 Å². The zero-order valence-corrected chi connectivity index (χ0v) is 13.7. The van der Waals surface area contributed by atoms with Crippen LogP contribution >= 0.6 is 11.3 Å². The van der Waals surface area contributed by atoms with Gasteiger partial charge in [0.15, 0.2) is 0 Å². The zero-order valence-electron chi connectivity index (χ0n) is 12.9. The largest absolute Gasteiger partial charge is 0.339 e. The van der Waals surface area contributed by atoms with Gasteiger partial charge in [-0.2, -0.15) is 0 Å². The number of thiazole rings is 1. The number of aromatic nitrogens is 2. The Hall–Kier alpha value is -1.75. The van der Waals surface area contributed by atoms with Gasteiger partial charge < -0.3 is 4.90 Å². The maximum Gasteiger partial charge on any atom is 0.228 e. The molecule has 0 N–H and O–H groups in total. The van der Waals surface area contributed by atoms with Gasteiger partial charge in [-0.3, -0.25) is 9.78 Å². The van der Waals surface area contributed by atoms with E-state index >= 15 is 0 Å². The highest BCUT2D eigenvalue weighted by molar-refractivity contribution is 7.09. The third kappa shape index (κ3) is 3.71. The van der Waals surface area contributed by atoms with Crippen molar-refractivity contribution < 1.29 is 4.79 Å². The van der Waals surface area contributed by atoms with Crippen molar-refractivity contribution >= 4 is 17.2 Å². The first kappa shape index (κ1) is 15.2. The molecule has 1 fully saturated rings. The summed E-state index contributed by atoms with van der Waals surface area (Å²) in [7, 11) is 0. The molecule has 2 aromatic rings. The van der Waals surface area contributed by atoms with E-state index in [4.69, 9.17) is 0 Å². The first-order chi connectivity index (χ1) is 10.7. The van der Waals surface area contributed by atoms with E-state index in [9.17, 15) is 4.79 Å². The normalized spacial score (nSPS) is 17.9. The molecule has 1 atom stereocenters. The Labute approximate surface area is 135 Å². The van der Waals surface area contributed by atoms with Gasteiger partial charge >= 0.3 is 0 Å². The van der Waals surface area contributed by atoms with Gasteiger partial charge in [-0.05, 0) is 50.3 Å². The molecule has 22 heavy (non-hydrogen) atoms. The Morgan fingerprint density at radius 3 is 2.95 bits per heavy atom. The highest BCUT2D eigenvalue weighted by Crippen LogP contribution is 2.23. The van der Waals surface area contributed by atoms with Crippen molar-refractivity contribution in [3.8, 4) is 0 Å². The van der Waals surface area contributed by atoms with E-state index in [2.05, 4.69) is 27.0 Å². The molecule has 0 aromatic carbocycles. The number of aryl methyl sites for hydroxylation is 2. The third-order valence-corrected chi connectivity index (χ3v) is 5.03. The van der Waals surface area contributed by atoms with Crippen LogP contribution in [0.15, 0.2) is 29.9 Å². The van der Waals surface area contributed by atoms with E-state index < -0.39 is 0 Å². The molecule has 0 bridgehead atoms. The average Bonchev–Trinajstić information content (AvgIpc) is 3.15. The van der Waals surface area contributed by atoms with Gasteiger partial charge in [0.1, 0.15) is 0 Å². The van der Waals surface area contributed by atoms with Gasteiger partial charge in [0, 0.05) is 30.4 Å². The second-order valence-corrected chi connectivity index (χ2v) is 6.87. The predicted octanol–water partition coefficient (Wildman–Crippen LogP) is 3.01. The van der Waals surface area contributed by atoms with Crippen LogP contribution in [0.5, 0.6) is 0 Å². The maximum atomic E-state index is 12.5. The lowest BCUT2D eigenvalue weighted by Crippen LogP contribution is -2.36. The molecule has 1 aliphatic rings. The monoisotopic (exact) mass is 315 g/mol. The molecule has 0 aliphatic carbocycles. The van der Waals surface area contributed by atoms with Crippen molar-refractivity contribution in [3.63, 3.8) is 0 Å². The lowest BCUT2D eigenvalue weighted by Gasteiger charge is -2.24. The Balaban J connectivity index is 1.56. The summed E-state index contributed by atoms with van der Waals surface area (Å²) in [6.07, 6.45) is 8.37. The Bertz CT molecular complexity index is 626. The second kappa shape index (κ2) is 7.01. The van der Waals surface area contributed by atoms with Crippen LogP contribution in [-0.2, 0) is 17.6 Å². The van der Waals surface area contributed by atoms with Gasteiger partial charge in [0.2, 0.25) is 5.91 Å². The lowest BCUT2D eigenvalue weighted by atomic mass is 10.0. The van der Waals surface area contributed by atoms with E-state index in [1.54, 1.807) is 11.3 Å². The van der Waals surface area contributed by atoms with Crippen LogP contribution in [0.2, 0.25) is 0 Å². The molecule has 116 valence electrons. The Kier molecular flexibility index (Phi) is 4.83. The predicted molar refractivity (Wildman–Crippen MR) is 87.8 cm³/mol. The summed E-state index contributed by atoms with van der Waals surface area (Å²) in [6.45, 7) is 2.87. The van der Waals surface area contributed by atoms with Crippen molar-refractivity contribution in [2.75, 3.05) is 6.54 Å². The molecular formula is C17H21N3OS. The van der Waals surface area contributed by atoms with E-state index in [1.807, 2.05) is 24.7 Å². The van der Waals surface area contributed by atoms with Crippen LogP contribution in [0.25, 0.3) is 0 Å². The number of carbonyl (C=O) groups excluding carboxylic acids is 1. The minimum Gasteiger partial charge on any atom is -0.339 e. The summed E-state index contributed by atoms with van der Waals surface area (Å²) in [4.78, 5) is 23.0. The Morgan fingerprint density at radius 2 is 2.23 bits per heavy atom. The smallest absolute Gasteiger partial charge is 0.228 e. The van der Waals surface area contributed by atoms with Gasteiger partial charge in [-0.1, -0.05) is 0 Å². The van der Waals surface area contributed by atoms with Crippen LogP contribution in [0, 0.1) is 6.92 Å². The molecular weight excluding hydrogens is 294 g/mol. The summed E-state index contributed by atoms with van der Waals surface area (Å²) in [5.41, 5.74) is 2.21. The molecule has 1 aliphatic heterocycles. The van der Waals surface area contributed by atoms with E-state index in [-0.39, 0.29) is 5.91 Å². The first-order valence-electron chi connectivity index (χ1n) is 7.82. The fourth-order valence-corrected chi connectivity index (χ4v) is 3.71. The van der Waals surface area contributed by atoms with Gasteiger partial charge in [0.05, 0.1) is 17.1 Å². The quantitative estimate of drug-likeness (QED) is 0.852. The van der Waals surface area contributed by atoms with E-state index in [1.165, 1.54) is 5.56 Å².